The minimum Gasteiger partial charge on any atom is -0.461 e. The molecule has 0 N–H and O–H groups in total. The number of ether oxygens (including phenoxy) is 1. The van der Waals surface area contributed by atoms with Crippen LogP contribution in [0.25, 0.3) is 0 Å². The average molecular weight is 465 g/mol. The number of hydrazone groups is 1. The molecule has 4 nitrogen and oxygen atoms in total. The lowest BCUT2D eigenvalue weighted by Gasteiger charge is -2.37. The van der Waals surface area contributed by atoms with E-state index >= 15 is 0 Å². The predicted molar refractivity (Wildman–Crippen MR) is 116 cm³/mol. The highest BCUT2D eigenvalue weighted by molar-refractivity contribution is 9.10. The van der Waals surface area contributed by atoms with Gasteiger partial charge in [-0.05, 0) is 55.0 Å². The summed E-state index contributed by atoms with van der Waals surface area (Å²) in [5.41, 5.74) is 4.49. The largest absolute Gasteiger partial charge is 0.461 e. The van der Waals surface area contributed by atoms with Crippen molar-refractivity contribution >= 4 is 27.4 Å². The molecule has 5 rings (SSSR count). The van der Waals surface area contributed by atoms with Gasteiger partial charge in [0, 0.05) is 22.0 Å². The van der Waals surface area contributed by atoms with Gasteiger partial charge in [0.1, 0.15) is 11.6 Å². The number of hydrogen-bond acceptors (Lipinski definition) is 4. The number of halogens is 2. The molecule has 0 aliphatic carbocycles. The molecule has 2 aliphatic rings. The molecule has 30 heavy (non-hydrogen) atoms. The zero-order valence-corrected chi connectivity index (χ0v) is 17.8. The fourth-order valence-corrected chi connectivity index (χ4v) is 4.29. The van der Waals surface area contributed by atoms with Crippen LogP contribution < -0.4 is 4.74 Å². The molecule has 2 atom stereocenters. The van der Waals surface area contributed by atoms with E-state index < -0.39 is 6.23 Å². The minimum absolute atomic E-state index is 0.114. The normalized spacial score (nSPS) is 19.6. The van der Waals surface area contributed by atoms with Gasteiger partial charge < -0.3 is 4.74 Å². The SMILES string of the molecule is Cc1ccc(C2=NN3[C@H](C(=O)c4ccc(F)cc4)Oc4ccc(Br)cc4[C@@H]3C2)cc1. The molecular formula is C24H18BrFN2O2. The predicted octanol–water partition coefficient (Wildman–Crippen LogP) is 5.65. The average Bonchev–Trinajstić information content (AvgIpc) is 3.19. The summed E-state index contributed by atoms with van der Waals surface area (Å²) in [6.45, 7) is 2.04. The Labute approximate surface area is 182 Å². The Balaban J connectivity index is 1.57. The highest BCUT2D eigenvalue weighted by Crippen LogP contribution is 2.44. The summed E-state index contributed by atoms with van der Waals surface area (Å²) in [4.78, 5) is 13.3. The molecule has 0 bridgehead atoms. The molecule has 6 heteroatoms. The van der Waals surface area contributed by atoms with Crippen molar-refractivity contribution in [3.8, 4) is 5.75 Å². The van der Waals surface area contributed by atoms with Crippen molar-refractivity contribution in [2.75, 3.05) is 0 Å². The van der Waals surface area contributed by atoms with Crippen molar-refractivity contribution < 1.29 is 13.9 Å². The first-order valence-electron chi connectivity index (χ1n) is 9.68. The number of nitrogens with zero attached hydrogens (tertiary/aromatic N) is 2. The van der Waals surface area contributed by atoms with Crippen molar-refractivity contribution in [1.82, 2.24) is 5.01 Å². The Morgan fingerprint density at radius 3 is 2.57 bits per heavy atom. The number of ketones is 1. The second kappa shape index (κ2) is 7.36. The van der Waals surface area contributed by atoms with Gasteiger partial charge in [0.05, 0.1) is 11.8 Å². The third-order valence-corrected chi connectivity index (χ3v) is 5.98. The maximum atomic E-state index is 13.3. The molecule has 0 radical (unpaired) electrons. The third-order valence-electron chi connectivity index (χ3n) is 5.49. The molecule has 0 saturated carbocycles. The monoisotopic (exact) mass is 464 g/mol. The van der Waals surface area contributed by atoms with Gasteiger partial charge in [-0.2, -0.15) is 5.10 Å². The van der Waals surface area contributed by atoms with Gasteiger partial charge in [0.15, 0.2) is 0 Å². The van der Waals surface area contributed by atoms with E-state index in [1.165, 1.54) is 29.8 Å². The number of fused-ring (bicyclic) bond motifs is 3. The molecular weight excluding hydrogens is 447 g/mol. The van der Waals surface area contributed by atoms with Crippen molar-refractivity contribution in [3.63, 3.8) is 0 Å². The smallest absolute Gasteiger partial charge is 0.251 e. The topological polar surface area (TPSA) is 41.9 Å². The van der Waals surface area contributed by atoms with Gasteiger partial charge >= 0.3 is 0 Å². The van der Waals surface area contributed by atoms with E-state index in [0.717, 1.165) is 21.3 Å². The third kappa shape index (κ3) is 3.31. The van der Waals surface area contributed by atoms with Gasteiger partial charge in [-0.25, -0.2) is 9.40 Å². The quantitative estimate of drug-likeness (QED) is 0.470. The zero-order chi connectivity index (χ0) is 20.8. The van der Waals surface area contributed by atoms with Crippen LogP contribution in [0.2, 0.25) is 0 Å². The second-order valence-corrected chi connectivity index (χ2v) is 8.45. The molecule has 0 amide bonds. The summed E-state index contributed by atoms with van der Waals surface area (Å²) < 4.78 is 20.4. The van der Waals surface area contributed by atoms with Crippen LogP contribution in [0.5, 0.6) is 5.75 Å². The Morgan fingerprint density at radius 2 is 1.83 bits per heavy atom. The number of Topliss-reactive ketones (excluding diaryl/α,β-unsaturated/α-hetero) is 1. The van der Waals surface area contributed by atoms with Gasteiger partial charge in [0.25, 0.3) is 6.23 Å². The Kier molecular flexibility index (Phi) is 4.66. The zero-order valence-electron chi connectivity index (χ0n) is 16.2. The molecule has 150 valence electrons. The first-order chi connectivity index (χ1) is 14.5. The first-order valence-corrected chi connectivity index (χ1v) is 10.5. The Bertz CT molecular complexity index is 1160. The van der Waals surface area contributed by atoms with E-state index in [2.05, 4.69) is 28.1 Å². The molecule has 0 spiro atoms. The van der Waals surface area contributed by atoms with Crippen LogP contribution in [0.4, 0.5) is 4.39 Å². The molecule has 0 unspecified atom stereocenters. The van der Waals surface area contributed by atoms with Crippen molar-refractivity contribution in [1.29, 1.82) is 0 Å². The van der Waals surface area contributed by atoms with E-state index in [9.17, 15) is 9.18 Å². The van der Waals surface area contributed by atoms with Crippen molar-refractivity contribution in [2.24, 2.45) is 5.10 Å². The second-order valence-electron chi connectivity index (χ2n) is 7.54. The number of carbonyl (C=O) groups is 1. The molecule has 3 aromatic rings. The summed E-state index contributed by atoms with van der Waals surface area (Å²) in [6, 6.07) is 19.4. The van der Waals surface area contributed by atoms with Crippen molar-refractivity contribution in [3.05, 3.63) is 99.3 Å². The van der Waals surface area contributed by atoms with Crippen LogP contribution >= 0.6 is 15.9 Å². The van der Waals surface area contributed by atoms with E-state index in [4.69, 9.17) is 9.84 Å². The molecule has 0 saturated heterocycles. The maximum absolute atomic E-state index is 13.3. The Hall–Kier alpha value is -2.99. The molecule has 2 aliphatic heterocycles. The lowest BCUT2D eigenvalue weighted by atomic mass is 9.95. The van der Waals surface area contributed by atoms with Gasteiger partial charge in [-0.3, -0.25) is 4.79 Å². The van der Waals surface area contributed by atoms with Crippen molar-refractivity contribution in [2.45, 2.75) is 25.6 Å². The number of carbonyl (C=O) groups excluding carboxylic acids is 1. The van der Waals surface area contributed by atoms with E-state index in [-0.39, 0.29) is 17.6 Å². The number of rotatable bonds is 3. The van der Waals surface area contributed by atoms with E-state index in [1.807, 2.05) is 37.3 Å². The van der Waals surface area contributed by atoms with Gasteiger partial charge in [-0.15, -0.1) is 0 Å². The maximum Gasteiger partial charge on any atom is 0.251 e. The van der Waals surface area contributed by atoms with Crippen LogP contribution in [0.3, 0.4) is 0 Å². The minimum atomic E-state index is -0.905. The first kappa shape index (κ1) is 19.0. The standard InChI is InChI=1S/C24H18BrFN2O2/c1-14-2-4-15(5-3-14)20-13-21-19-12-17(25)8-11-22(19)30-24(28(21)27-20)23(29)16-6-9-18(26)10-7-16/h2-12,21,24H,13H2,1H3/t21-,24-/m0/s1. The van der Waals surface area contributed by atoms with E-state index in [0.29, 0.717) is 17.7 Å². The highest BCUT2D eigenvalue weighted by atomic mass is 79.9. The lowest BCUT2D eigenvalue weighted by molar-refractivity contribution is -0.00459. The summed E-state index contributed by atoms with van der Waals surface area (Å²) in [5.74, 6) is 0.0350. The van der Waals surface area contributed by atoms with Crippen LogP contribution in [0.1, 0.15) is 39.5 Å². The van der Waals surface area contributed by atoms with Crippen LogP contribution in [0, 0.1) is 12.7 Å². The molecule has 0 fully saturated rings. The highest BCUT2D eigenvalue weighted by Gasteiger charge is 2.43. The van der Waals surface area contributed by atoms with Crippen LogP contribution in [-0.4, -0.2) is 22.7 Å². The fourth-order valence-electron chi connectivity index (χ4n) is 3.91. The summed E-state index contributed by atoms with van der Waals surface area (Å²) >= 11 is 3.53. The van der Waals surface area contributed by atoms with Crippen LogP contribution in [-0.2, 0) is 0 Å². The number of hydrogen-bond donors (Lipinski definition) is 0. The van der Waals surface area contributed by atoms with E-state index in [1.54, 1.807) is 5.01 Å². The number of aryl methyl sites for hydroxylation is 1. The summed E-state index contributed by atoms with van der Waals surface area (Å²) in [6.07, 6.45) is -0.236. The number of benzene rings is 3. The van der Waals surface area contributed by atoms with Gasteiger partial charge in [-0.1, -0.05) is 45.8 Å². The lowest BCUT2D eigenvalue weighted by Crippen LogP contribution is -2.45. The summed E-state index contributed by atoms with van der Waals surface area (Å²) in [5, 5.41) is 6.54. The summed E-state index contributed by atoms with van der Waals surface area (Å²) in [7, 11) is 0. The Morgan fingerprint density at radius 1 is 1.10 bits per heavy atom. The molecule has 0 aromatic heterocycles. The van der Waals surface area contributed by atoms with Gasteiger partial charge in [0.2, 0.25) is 5.78 Å². The molecule has 3 aromatic carbocycles. The molecule has 2 heterocycles. The van der Waals surface area contributed by atoms with Crippen LogP contribution in [0.15, 0.2) is 76.3 Å². The fraction of sp³-hybridized carbons (Fsp3) is 0.167.